The maximum atomic E-state index is 12.7. The van der Waals surface area contributed by atoms with Gasteiger partial charge in [-0.1, -0.05) is 11.6 Å². The molecule has 0 bridgehead atoms. The van der Waals surface area contributed by atoms with E-state index >= 15 is 0 Å². The minimum absolute atomic E-state index is 0.0579. The molecule has 1 aromatic carbocycles. The average molecular weight is 189 g/mol. The van der Waals surface area contributed by atoms with Crippen LogP contribution in [-0.2, 0) is 0 Å². The zero-order chi connectivity index (χ0) is 9.30. The normalized spacial score (nSPS) is 9.92. The zero-order valence-electron chi connectivity index (χ0n) is 6.27. The van der Waals surface area contributed by atoms with Crippen molar-refractivity contribution in [2.75, 3.05) is 0 Å². The molecule has 0 aliphatic carbocycles. The lowest BCUT2D eigenvalue weighted by molar-refractivity contribution is 0.0695. The fraction of sp³-hybridized carbons (Fsp3) is 0.125. The molecular weight excluding hydrogens is 183 g/mol. The van der Waals surface area contributed by atoms with Gasteiger partial charge in [-0.2, -0.15) is 0 Å². The number of carbonyl (C=O) groups is 1. The van der Waals surface area contributed by atoms with Crippen LogP contribution in [0.25, 0.3) is 0 Å². The van der Waals surface area contributed by atoms with E-state index in [2.05, 4.69) is 0 Å². The van der Waals surface area contributed by atoms with Crippen LogP contribution in [0.2, 0.25) is 5.02 Å². The summed E-state index contributed by atoms with van der Waals surface area (Å²) in [6, 6.07) is 2.21. The number of benzene rings is 1. The Morgan fingerprint density at radius 1 is 1.58 bits per heavy atom. The zero-order valence-corrected chi connectivity index (χ0v) is 7.02. The summed E-state index contributed by atoms with van der Waals surface area (Å²) in [5.41, 5.74) is 0.394. The quantitative estimate of drug-likeness (QED) is 0.735. The molecule has 0 aromatic heterocycles. The van der Waals surface area contributed by atoms with Gasteiger partial charge in [0.2, 0.25) is 0 Å². The largest absolute Gasteiger partial charge is 0.478 e. The van der Waals surface area contributed by atoms with E-state index in [9.17, 15) is 9.18 Å². The molecule has 12 heavy (non-hydrogen) atoms. The first-order valence-electron chi connectivity index (χ1n) is 3.21. The van der Waals surface area contributed by atoms with Gasteiger partial charge in [0, 0.05) is 0 Å². The molecule has 0 fully saturated rings. The van der Waals surface area contributed by atoms with Gasteiger partial charge in [-0.25, -0.2) is 9.18 Å². The Morgan fingerprint density at radius 2 is 2.17 bits per heavy atom. The van der Waals surface area contributed by atoms with Crippen LogP contribution < -0.4 is 0 Å². The van der Waals surface area contributed by atoms with Gasteiger partial charge >= 0.3 is 5.97 Å². The van der Waals surface area contributed by atoms with Crippen molar-refractivity contribution in [3.63, 3.8) is 0 Å². The standard InChI is InChI=1S/C8H6ClFO2/c1-4-2-6(9)7(10)3-5(4)8(11)12/h2-3H,1H3,(H,11,12). The lowest BCUT2D eigenvalue weighted by Crippen LogP contribution is -2.00. The fourth-order valence-corrected chi connectivity index (χ4v) is 1.09. The van der Waals surface area contributed by atoms with Crippen molar-refractivity contribution in [3.05, 3.63) is 34.1 Å². The van der Waals surface area contributed by atoms with Gasteiger partial charge in [0.05, 0.1) is 10.6 Å². The number of hydrogen-bond acceptors (Lipinski definition) is 1. The minimum atomic E-state index is -1.15. The summed E-state index contributed by atoms with van der Waals surface area (Å²) in [5, 5.41) is 8.51. The van der Waals surface area contributed by atoms with Crippen molar-refractivity contribution in [2.45, 2.75) is 6.92 Å². The molecule has 0 radical (unpaired) electrons. The Hall–Kier alpha value is -1.09. The average Bonchev–Trinajstić information content (AvgIpc) is 1.96. The van der Waals surface area contributed by atoms with Gasteiger partial charge < -0.3 is 5.11 Å². The first-order chi connectivity index (χ1) is 5.52. The Bertz CT molecular complexity index is 336. The van der Waals surface area contributed by atoms with Crippen molar-refractivity contribution in [1.82, 2.24) is 0 Å². The highest BCUT2D eigenvalue weighted by Gasteiger charge is 2.10. The second kappa shape index (κ2) is 3.11. The van der Waals surface area contributed by atoms with Gasteiger partial charge in [-0.05, 0) is 24.6 Å². The molecule has 64 valence electrons. The summed E-state index contributed by atoms with van der Waals surface area (Å²) in [7, 11) is 0. The van der Waals surface area contributed by atoms with Crippen LogP contribution in [0.4, 0.5) is 4.39 Å². The van der Waals surface area contributed by atoms with Crippen LogP contribution in [0.5, 0.6) is 0 Å². The lowest BCUT2D eigenvalue weighted by Gasteiger charge is -2.01. The van der Waals surface area contributed by atoms with E-state index in [0.717, 1.165) is 6.07 Å². The Labute approximate surface area is 73.6 Å². The van der Waals surface area contributed by atoms with Gasteiger partial charge in [0.25, 0.3) is 0 Å². The predicted octanol–water partition coefficient (Wildman–Crippen LogP) is 2.49. The monoisotopic (exact) mass is 188 g/mol. The van der Waals surface area contributed by atoms with Gasteiger partial charge in [0.1, 0.15) is 5.82 Å². The topological polar surface area (TPSA) is 37.3 Å². The summed E-state index contributed by atoms with van der Waals surface area (Å²) < 4.78 is 12.7. The molecule has 0 saturated carbocycles. The molecule has 0 spiro atoms. The Morgan fingerprint density at radius 3 is 2.67 bits per heavy atom. The molecule has 2 nitrogen and oxygen atoms in total. The predicted molar refractivity (Wildman–Crippen MR) is 43.1 cm³/mol. The molecule has 0 atom stereocenters. The van der Waals surface area contributed by atoms with Crippen molar-refractivity contribution in [1.29, 1.82) is 0 Å². The summed E-state index contributed by atoms with van der Waals surface area (Å²) in [4.78, 5) is 10.5. The van der Waals surface area contributed by atoms with Crippen molar-refractivity contribution >= 4 is 17.6 Å². The highest BCUT2D eigenvalue weighted by Crippen LogP contribution is 2.19. The van der Waals surface area contributed by atoms with E-state index in [0.29, 0.717) is 5.56 Å². The Kier molecular flexibility index (Phi) is 2.33. The van der Waals surface area contributed by atoms with E-state index < -0.39 is 11.8 Å². The molecule has 0 heterocycles. The molecular formula is C8H6ClFO2. The number of aromatic carboxylic acids is 1. The molecule has 0 saturated heterocycles. The SMILES string of the molecule is Cc1cc(Cl)c(F)cc1C(=O)O. The fourth-order valence-electron chi connectivity index (χ4n) is 0.877. The smallest absolute Gasteiger partial charge is 0.336 e. The van der Waals surface area contributed by atoms with Gasteiger partial charge in [-0.15, -0.1) is 0 Å². The van der Waals surface area contributed by atoms with E-state index in [1.54, 1.807) is 6.92 Å². The maximum absolute atomic E-state index is 12.7. The third kappa shape index (κ3) is 1.56. The second-order valence-corrected chi connectivity index (χ2v) is 2.79. The number of rotatable bonds is 1. The van der Waals surface area contributed by atoms with Gasteiger partial charge in [0.15, 0.2) is 0 Å². The summed E-state index contributed by atoms with van der Waals surface area (Å²) in [5.74, 6) is -1.86. The van der Waals surface area contributed by atoms with Gasteiger partial charge in [-0.3, -0.25) is 0 Å². The summed E-state index contributed by atoms with van der Waals surface area (Å²) >= 11 is 5.42. The highest BCUT2D eigenvalue weighted by atomic mass is 35.5. The van der Waals surface area contributed by atoms with Crippen LogP contribution in [0.3, 0.4) is 0 Å². The third-order valence-electron chi connectivity index (χ3n) is 1.50. The number of aryl methyl sites for hydroxylation is 1. The molecule has 1 N–H and O–H groups in total. The van der Waals surface area contributed by atoms with E-state index in [-0.39, 0.29) is 10.6 Å². The van der Waals surface area contributed by atoms with Crippen LogP contribution in [0.15, 0.2) is 12.1 Å². The number of carboxylic acids is 1. The highest BCUT2D eigenvalue weighted by molar-refractivity contribution is 6.30. The molecule has 1 aromatic rings. The molecule has 1 rings (SSSR count). The number of carboxylic acid groups (broad SMARTS) is 1. The van der Waals surface area contributed by atoms with E-state index in [4.69, 9.17) is 16.7 Å². The number of halogens is 2. The summed E-state index contributed by atoms with van der Waals surface area (Å²) in [6.45, 7) is 1.56. The Balaban J connectivity index is 3.33. The van der Waals surface area contributed by atoms with Crippen LogP contribution >= 0.6 is 11.6 Å². The van der Waals surface area contributed by atoms with Crippen LogP contribution in [0.1, 0.15) is 15.9 Å². The van der Waals surface area contributed by atoms with Crippen molar-refractivity contribution in [3.8, 4) is 0 Å². The molecule has 0 aliphatic heterocycles. The molecule has 4 heteroatoms. The van der Waals surface area contributed by atoms with E-state index in [1.165, 1.54) is 6.07 Å². The first kappa shape index (κ1) is 9.00. The second-order valence-electron chi connectivity index (χ2n) is 2.39. The molecule has 0 aliphatic rings. The van der Waals surface area contributed by atoms with Crippen molar-refractivity contribution < 1.29 is 14.3 Å². The van der Waals surface area contributed by atoms with Crippen LogP contribution in [0, 0.1) is 12.7 Å². The lowest BCUT2D eigenvalue weighted by atomic mass is 10.1. The maximum Gasteiger partial charge on any atom is 0.336 e. The van der Waals surface area contributed by atoms with E-state index in [1.807, 2.05) is 0 Å². The first-order valence-corrected chi connectivity index (χ1v) is 3.59. The van der Waals surface area contributed by atoms with Crippen molar-refractivity contribution in [2.24, 2.45) is 0 Å². The third-order valence-corrected chi connectivity index (χ3v) is 1.79. The minimum Gasteiger partial charge on any atom is -0.478 e. The summed E-state index contributed by atoms with van der Waals surface area (Å²) in [6.07, 6.45) is 0. The van der Waals surface area contributed by atoms with Crippen LogP contribution in [-0.4, -0.2) is 11.1 Å². The molecule has 0 amide bonds. The molecule has 0 unspecified atom stereocenters. The number of hydrogen-bond donors (Lipinski definition) is 1.